The van der Waals surface area contributed by atoms with Gasteiger partial charge in [0.05, 0.1) is 0 Å². The van der Waals surface area contributed by atoms with Crippen molar-refractivity contribution in [2.45, 2.75) is 12.8 Å². The summed E-state index contributed by atoms with van der Waals surface area (Å²) in [5.41, 5.74) is 3.69. The number of likely N-dealkylation sites (tertiary alicyclic amines) is 1. The van der Waals surface area contributed by atoms with Crippen LogP contribution < -0.4 is 0 Å². The molecule has 0 aliphatic carbocycles. The van der Waals surface area contributed by atoms with Gasteiger partial charge in [0.2, 0.25) is 0 Å². The highest BCUT2D eigenvalue weighted by atomic mass is 15.2. The number of rotatable bonds is 1. The molecule has 78 valence electrons. The average Bonchev–Trinajstić information content (AvgIpc) is 2.55. The fourth-order valence-corrected chi connectivity index (χ4v) is 2.29. The molecule has 3 nitrogen and oxygen atoms in total. The number of pyridine rings is 1. The number of aryl methyl sites for hydroxylation is 1. The van der Waals surface area contributed by atoms with Crippen molar-refractivity contribution >= 4 is 5.65 Å². The molecule has 2 aromatic heterocycles. The molecule has 0 atom stereocenters. The molecule has 0 bridgehead atoms. The lowest BCUT2D eigenvalue weighted by atomic mass is 9.93. The molecule has 0 saturated carbocycles. The molecule has 1 aliphatic rings. The molecule has 2 aromatic rings. The molecule has 1 aliphatic heterocycles. The van der Waals surface area contributed by atoms with Gasteiger partial charge in [0.1, 0.15) is 5.65 Å². The zero-order valence-corrected chi connectivity index (χ0v) is 9.14. The highest BCUT2D eigenvalue weighted by Crippen LogP contribution is 2.26. The molecule has 3 heteroatoms. The van der Waals surface area contributed by atoms with Gasteiger partial charge >= 0.3 is 0 Å². The third kappa shape index (κ3) is 1.35. The second-order valence-electron chi connectivity index (χ2n) is 4.51. The van der Waals surface area contributed by atoms with E-state index in [1.165, 1.54) is 24.3 Å². The lowest BCUT2D eigenvalue weighted by Crippen LogP contribution is -2.41. The standard InChI is InChI=1S/C12H15N3/c1-9-6-13-12-5-10(3-4-15(9)12)11-7-14(2)8-11/h3-6,11H,7-8H2,1-2H3. The second-order valence-corrected chi connectivity index (χ2v) is 4.51. The van der Waals surface area contributed by atoms with Crippen molar-refractivity contribution in [3.63, 3.8) is 0 Å². The van der Waals surface area contributed by atoms with Gasteiger partial charge in [-0.25, -0.2) is 4.98 Å². The van der Waals surface area contributed by atoms with Crippen molar-refractivity contribution in [2.75, 3.05) is 20.1 Å². The van der Waals surface area contributed by atoms with Crippen LogP contribution in [0.4, 0.5) is 0 Å². The fraction of sp³-hybridized carbons (Fsp3) is 0.417. The molecule has 0 unspecified atom stereocenters. The van der Waals surface area contributed by atoms with Gasteiger partial charge in [0.15, 0.2) is 0 Å². The van der Waals surface area contributed by atoms with Crippen LogP contribution in [0.15, 0.2) is 24.5 Å². The summed E-state index contributed by atoms with van der Waals surface area (Å²) in [6.07, 6.45) is 4.05. The predicted molar refractivity (Wildman–Crippen MR) is 60.2 cm³/mol. The van der Waals surface area contributed by atoms with Gasteiger partial charge in [-0.05, 0) is 31.7 Å². The predicted octanol–water partition coefficient (Wildman–Crippen LogP) is 1.67. The quantitative estimate of drug-likeness (QED) is 0.699. The number of aromatic nitrogens is 2. The van der Waals surface area contributed by atoms with Crippen LogP contribution in [0.5, 0.6) is 0 Å². The van der Waals surface area contributed by atoms with E-state index < -0.39 is 0 Å². The number of fused-ring (bicyclic) bond motifs is 1. The van der Waals surface area contributed by atoms with Crippen LogP contribution in [0.3, 0.4) is 0 Å². The van der Waals surface area contributed by atoms with Crippen molar-refractivity contribution in [3.05, 3.63) is 35.8 Å². The summed E-state index contributed by atoms with van der Waals surface area (Å²) in [7, 11) is 2.16. The van der Waals surface area contributed by atoms with Crippen LogP contribution in [0.1, 0.15) is 17.2 Å². The number of imidazole rings is 1. The van der Waals surface area contributed by atoms with E-state index in [1.807, 2.05) is 6.20 Å². The highest BCUT2D eigenvalue weighted by Gasteiger charge is 2.24. The van der Waals surface area contributed by atoms with Gasteiger partial charge in [-0.3, -0.25) is 0 Å². The lowest BCUT2D eigenvalue weighted by molar-refractivity contribution is 0.190. The van der Waals surface area contributed by atoms with Crippen molar-refractivity contribution in [1.29, 1.82) is 0 Å². The maximum Gasteiger partial charge on any atom is 0.137 e. The van der Waals surface area contributed by atoms with Crippen LogP contribution >= 0.6 is 0 Å². The monoisotopic (exact) mass is 201 g/mol. The first-order valence-corrected chi connectivity index (χ1v) is 5.36. The van der Waals surface area contributed by atoms with E-state index in [4.69, 9.17) is 0 Å². The normalized spacial score (nSPS) is 18.3. The van der Waals surface area contributed by atoms with E-state index in [0.29, 0.717) is 5.92 Å². The third-order valence-electron chi connectivity index (χ3n) is 3.26. The summed E-state index contributed by atoms with van der Waals surface area (Å²) in [5.74, 6) is 0.706. The van der Waals surface area contributed by atoms with Gasteiger partial charge < -0.3 is 9.30 Å². The van der Waals surface area contributed by atoms with E-state index in [1.54, 1.807) is 0 Å². The molecule has 1 fully saturated rings. The average molecular weight is 201 g/mol. The molecular formula is C12H15N3. The van der Waals surface area contributed by atoms with Gasteiger partial charge in [0, 0.05) is 37.1 Å². The molecule has 0 radical (unpaired) electrons. The maximum absolute atomic E-state index is 4.39. The Balaban J connectivity index is 2.00. The molecule has 0 spiro atoms. The number of nitrogens with zero attached hydrogens (tertiary/aromatic N) is 3. The summed E-state index contributed by atoms with van der Waals surface area (Å²) < 4.78 is 2.13. The molecule has 3 heterocycles. The van der Waals surface area contributed by atoms with Gasteiger partial charge in [-0.1, -0.05) is 0 Å². The Hall–Kier alpha value is -1.35. The summed E-state index contributed by atoms with van der Waals surface area (Å²) in [6, 6.07) is 4.43. The van der Waals surface area contributed by atoms with Gasteiger partial charge in [-0.2, -0.15) is 0 Å². The summed E-state index contributed by atoms with van der Waals surface area (Å²) in [5, 5.41) is 0. The van der Waals surface area contributed by atoms with Crippen molar-refractivity contribution in [2.24, 2.45) is 0 Å². The van der Waals surface area contributed by atoms with E-state index >= 15 is 0 Å². The number of likely N-dealkylation sites (N-methyl/N-ethyl adjacent to an activating group) is 1. The molecule has 3 rings (SSSR count). The molecule has 15 heavy (non-hydrogen) atoms. The Morgan fingerprint density at radius 1 is 1.40 bits per heavy atom. The maximum atomic E-state index is 4.39. The molecular weight excluding hydrogens is 186 g/mol. The highest BCUT2D eigenvalue weighted by molar-refractivity contribution is 5.44. The van der Waals surface area contributed by atoms with Crippen molar-refractivity contribution in [1.82, 2.24) is 14.3 Å². The molecule has 1 saturated heterocycles. The van der Waals surface area contributed by atoms with Crippen LogP contribution in [0.2, 0.25) is 0 Å². The first kappa shape index (κ1) is 8.92. The van der Waals surface area contributed by atoms with Crippen LogP contribution in [-0.2, 0) is 0 Å². The van der Waals surface area contributed by atoms with Crippen LogP contribution in [0, 0.1) is 6.92 Å². The van der Waals surface area contributed by atoms with E-state index in [9.17, 15) is 0 Å². The summed E-state index contributed by atoms with van der Waals surface area (Å²) >= 11 is 0. The van der Waals surface area contributed by atoms with Gasteiger partial charge in [-0.15, -0.1) is 0 Å². The second kappa shape index (κ2) is 3.07. The van der Waals surface area contributed by atoms with Crippen LogP contribution in [-0.4, -0.2) is 34.4 Å². The molecule has 0 N–H and O–H groups in total. The van der Waals surface area contributed by atoms with Crippen molar-refractivity contribution < 1.29 is 0 Å². The Bertz CT molecular complexity index is 495. The zero-order valence-electron chi connectivity index (χ0n) is 9.14. The minimum Gasteiger partial charge on any atom is -0.305 e. The lowest BCUT2D eigenvalue weighted by Gasteiger charge is -2.36. The first-order chi connectivity index (χ1) is 7.24. The Kier molecular flexibility index (Phi) is 1.83. The number of hydrogen-bond acceptors (Lipinski definition) is 2. The van der Waals surface area contributed by atoms with E-state index in [2.05, 4.69) is 46.6 Å². The topological polar surface area (TPSA) is 20.5 Å². The smallest absolute Gasteiger partial charge is 0.137 e. The van der Waals surface area contributed by atoms with Crippen LogP contribution in [0.25, 0.3) is 5.65 Å². The third-order valence-corrected chi connectivity index (χ3v) is 3.26. The largest absolute Gasteiger partial charge is 0.305 e. The minimum absolute atomic E-state index is 0.706. The number of hydrogen-bond donors (Lipinski definition) is 0. The fourth-order valence-electron chi connectivity index (χ4n) is 2.29. The minimum atomic E-state index is 0.706. The van der Waals surface area contributed by atoms with Gasteiger partial charge in [0.25, 0.3) is 0 Å². The Morgan fingerprint density at radius 2 is 2.20 bits per heavy atom. The van der Waals surface area contributed by atoms with E-state index in [-0.39, 0.29) is 0 Å². The van der Waals surface area contributed by atoms with E-state index in [0.717, 1.165) is 5.65 Å². The molecule has 0 aromatic carbocycles. The Morgan fingerprint density at radius 3 is 2.93 bits per heavy atom. The molecule has 0 amide bonds. The first-order valence-electron chi connectivity index (χ1n) is 5.36. The SMILES string of the molecule is Cc1cnc2cc(C3CN(C)C3)ccn12. The summed E-state index contributed by atoms with van der Waals surface area (Å²) in [6.45, 7) is 4.43. The van der Waals surface area contributed by atoms with Crippen molar-refractivity contribution in [3.8, 4) is 0 Å². The zero-order chi connectivity index (χ0) is 10.4. The summed E-state index contributed by atoms with van der Waals surface area (Å²) in [4.78, 5) is 6.73. The Labute approximate surface area is 89.3 Å².